The van der Waals surface area contributed by atoms with Crippen molar-refractivity contribution in [3.63, 3.8) is 0 Å². The van der Waals surface area contributed by atoms with Crippen molar-refractivity contribution in [2.75, 3.05) is 31.1 Å². The van der Waals surface area contributed by atoms with Crippen molar-refractivity contribution in [2.24, 2.45) is 5.73 Å². The number of alkyl halides is 3. The van der Waals surface area contributed by atoms with Crippen LogP contribution in [0.5, 0.6) is 0 Å². The molecule has 0 spiro atoms. The summed E-state index contributed by atoms with van der Waals surface area (Å²) in [5, 5.41) is 9.84. The Morgan fingerprint density at radius 2 is 1.87 bits per heavy atom. The molecule has 170 valence electrons. The Balaban J connectivity index is 1.80. The maximum atomic E-state index is 13.1. The molecule has 3 rings (SSSR count). The number of piperazine rings is 1. The van der Waals surface area contributed by atoms with Gasteiger partial charge in [0.1, 0.15) is 0 Å². The van der Waals surface area contributed by atoms with E-state index in [9.17, 15) is 26.7 Å². The van der Waals surface area contributed by atoms with Gasteiger partial charge >= 0.3 is 6.18 Å². The van der Waals surface area contributed by atoms with Crippen molar-refractivity contribution in [3.05, 3.63) is 53.0 Å². The van der Waals surface area contributed by atoms with Crippen LogP contribution < -0.4 is 10.6 Å². The van der Waals surface area contributed by atoms with Gasteiger partial charge in [-0.1, -0.05) is 36.5 Å². The summed E-state index contributed by atoms with van der Waals surface area (Å²) in [4.78, 5) is 2.35. The quantitative estimate of drug-likeness (QED) is 0.637. The van der Waals surface area contributed by atoms with Gasteiger partial charge in [0.25, 0.3) is 0 Å². The average Bonchev–Trinajstić information content (AvgIpc) is 2.72. The summed E-state index contributed by atoms with van der Waals surface area (Å²) in [5.74, 6) is 0. The molecular weight excluding hydrogens is 451 g/mol. The van der Waals surface area contributed by atoms with Crippen LogP contribution in [0.15, 0.2) is 47.4 Å². The van der Waals surface area contributed by atoms with E-state index in [1.807, 2.05) is 4.90 Å². The number of nitrogens with zero attached hydrogens (tertiary/aromatic N) is 2. The Labute approximate surface area is 184 Å². The van der Waals surface area contributed by atoms with Gasteiger partial charge in [-0.15, -0.1) is 0 Å². The summed E-state index contributed by atoms with van der Waals surface area (Å²) in [6.07, 6.45) is 0.543. The average molecular weight is 476 g/mol. The molecule has 1 aromatic rings. The Kier molecular flexibility index (Phi) is 6.64. The Bertz CT molecular complexity index is 1000. The molecule has 1 aromatic carbocycles. The highest BCUT2D eigenvalue weighted by atomic mass is 32.2. The number of nitrogens with two attached hydrogens (primary N) is 1. The second-order valence-electron chi connectivity index (χ2n) is 7.65. The van der Waals surface area contributed by atoms with E-state index in [1.165, 1.54) is 34.6 Å². The molecule has 6 nitrogen and oxygen atoms in total. The van der Waals surface area contributed by atoms with Gasteiger partial charge in [-0.3, -0.25) is 0 Å². The molecule has 0 aromatic heterocycles. The van der Waals surface area contributed by atoms with E-state index in [0.717, 1.165) is 0 Å². The van der Waals surface area contributed by atoms with Crippen LogP contribution in [-0.4, -0.2) is 61.1 Å². The van der Waals surface area contributed by atoms with Crippen molar-refractivity contribution in [1.29, 1.82) is 0 Å². The fourth-order valence-corrected chi connectivity index (χ4v) is 5.69. The Hall–Kier alpha value is -1.79. The zero-order chi connectivity index (χ0) is 23.0. The maximum absolute atomic E-state index is 13.1. The Morgan fingerprint density at radius 3 is 2.42 bits per heavy atom. The lowest BCUT2D eigenvalue weighted by Gasteiger charge is -2.42. The number of allylic oxidation sites excluding steroid dienone is 4. The molecule has 0 radical (unpaired) electrons. The van der Waals surface area contributed by atoms with Crippen LogP contribution >= 0.6 is 12.2 Å². The predicted octanol–water partition coefficient (Wildman–Crippen LogP) is 2.45. The van der Waals surface area contributed by atoms with E-state index in [0.29, 0.717) is 30.4 Å². The molecule has 1 heterocycles. The first kappa shape index (κ1) is 23.9. The van der Waals surface area contributed by atoms with Crippen LogP contribution in [-0.2, 0) is 15.6 Å². The largest absolute Gasteiger partial charge is 0.421 e. The molecule has 31 heavy (non-hydrogen) atoms. The summed E-state index contributed by atoms with van der Waals surface area (Å²) in [7, 11) is -3.76. The van der Waals surface area contributed by atoms with Crippen LogP contribution in [0.25, 0.3) is 0 Å². The minimum Gasteiger partial charge on any atom is -0.376 e. The minimum absolute atomic E-state index is 0.118. The number of sulfonamides is 1. The van der Waals surface area contributed by atoms with Gasteiger partial charge in [0.2, 0.25) is 10.0 Å². The van der Waals surface area contributed by atoms with E-state index < -0.39 is 21.8 Å². The molecule has 1 aliphatic heterocycles. The molecular formula is C20H24F3N3O3S2. The minimum atomic E-state index is -4.81. The lowest BCUT2D eigenvalue weighted by molar-refractivity contribution is -0.258. The van der Waals surface area contributed by atoms with Crippen molar-refractivity contribution in [2.45, 2.75) is 31.2 Å². The molecule has 2 aliphatic rings. The van der Waals surface area contributed by atoms with Crippen molar-refractivity contribution >= 4 is 32.8 Å². The number of hydrogen-bond donors (Lipinski definition) is 2. The molecule has 1 saturated heterocycles. The van der Waals surface area contributed by atoms with Gasteiger partial charge < -0.3 is 15.7 Å². The molecule has 1 unspecified atom stereocenters. The standard InChI is InChI=1S/C20H24F3N3O3S2/c1-19(27,20(21,22)23)14-6-8-15(9-7-14)26-11-10-25(13-16(26)12-24)31(28,29)18-5-3-2-4-17(18)30/h2-3,5-9,16,27H,4,10-13,24H2,1H3/t16-,19?/m0/s1. The molecule has 0 amide bonds. The van der Waals surface area contributed by atoms with Crippen molar-refractivity contribution in [3.8, 4) is 0 Å². The van der Waals surface area contributed by atoms with Crippen LogP contribution in [0, 0.1) is 0 Å². The third-order valence-corrected chi connectivity index (χ3v) is 8.08. The summed E-state index contributed by atoms with van der Waals surface area (Å²) in [6.45, 7) is 1.48. The lowest BCUT2D eigenvalue weighted by atomic mass is 9.95. The van der Waals surface area contributed by atoms with Gasteiger partial charge in [-0.25, -0.2) is 8.42 Å². The number of halogens is 3. The fraction of sp³-hybridized carbons (Fsp3) is 0.450. The third-order valence-electron chi connectivity index (χ3n) is 5.61. The Morgan fingerprint density at radius 1 is 1.23 bits per heavy atom. The number of rotatable bonds is 5. The number of aliphatic hydroxyl groups is 1. The SMILES string of the molecule is CC(O)(c1ccc(N2CCN(S(=O)(=O)C3=CC=CCC3=S)C[C@@H]2CN)cc1)C(F)(F)F. The number of benzene rings is 1. The van der Waals surface area contributed by atoms with Gasteiger partial charge in [0.15, 0.2) is 5.60 Å². The molecule has 11 heteroatoms. The fourth-order valence-electron chi connectivity index (χ4n) is 3.62. The van der Waals surface area contributed by atoms with Crippen molar-refractivity contribution in [1.82, 2.24) is 4.31 Å². The first-order valence-corrected chi connectivity index (χ1v) is 11.5. The molecule has 1 aliphatic carbocycles. The smallest absolute Gasteiger partial charge is 0.376 e. The van der Waals surface area contributed by atoms with E-state index in [1.54, 1.807) is 12.2 Å². The second kappa shape index (κ2) is 8.62. The molecule has 0 saturated carbocycles. The van der Waals surface area contributed by atoms with Crippen LogP contribution in [0.1, 0.15) is 18.9 Å². The van der Waals surface area contributed by atoms with E-state index >= 15 is 0 Å². The summed E-state index contributed by atoms with van der Waals surface area (Å²) in [5.41, 5.74) is 3.25. The van der Waals surface area contributed by atoms with Gasteiger partial charge in [-0.2, -0.15) is 17.5 Å². The van der Waals surface area contributed by atoms with Gasteiger partial charge in [0.05, 0.1) is 10.9 Å². The topological polar surface area (TPSA) is 86.9 Å². The molecule has 1 fully saturated rings. The highest BCUT2D eigenvalue weighted by Crippen LogP contribution is 2.39. The van der Waals surface area contributed by atoms with E-state index in [2.05, 4.69) is 0 Å². The number of hydrogen-bond acceptors (Lipinski definition) is 6. The predicted molar refractivity (Wildman–Crippen MR) is 117 cm³/mol. The first-order chi connectivity index (χ1) is 14.4. The zero-order valence-electron chi connectivity index (χ0n) is 16.8. The van der Waals surface area contributed by atoms with Crippen LogP contribution in [0.3, 0.4) is 0 Å². The summed E-state index contributed by atoms with van der Waals surface area (Å²) < 4.78 is 66.7. The van der Waals surface area contributed by atoms with Gasteiger partial charge in [0, 0.05) is 43.2 Å². The molecule has 2 atom stereocenters. The van der Waals surface area contributed by atoms with Gasteiger partial charge in [-0.05, 0) is 30.7 Å². The van der Waals surface area contributed by atoms with E-state index in [4.69, 9.17) is 18.0 Å². The normalized spacial score (nSPS) is 22.9. The monoisotopic (exact) mass is 475 g/mol. The first-order valence-electron chi connectivity index (χ1n) is 9.66. The second-order valence-corrected chi connectivity index (χ2v) is 10.0. The molecule has 3 N–H and O–H groups in total. The highest BCUT2D eigenvalue weighted by Gasteiger charge is 2.51. The van der Waals surface area contributed by atoms with Crippen molar-refractivity contribution < 1.29 is 26.7 Å². The number of thiocarbonyl (C=S) groups is 1. The lowest BCUT2D eigenvalue weighted by Crippen LogP contribution is -2.57. The summed E-state index contributed by atoms with van der Waals surface area (Å²) in [6, 6.07) is 5.03. The van der Waals surface area contributed by atoms with Crippen LogP contribution in [0.4, 0.5) is 18.9 Å². The van der Waals surface area contributed by atoms with Crippen LogP contribution in [0.2, 0.25) is 0 Å². The highest BCUT2D eigenvalue weighted by molar-refractivity contribution is 7.96. The third kappa shape index (κ3) is 4.56. The number of anilines is 1. The zero-order valence-corrected chi connectivity index (χ0v) is 18.5. The molecule has 0 bridgehead atoms. The van der Waals surface area contributed by atoms with E-state index in [-0.39, 0.29) is 36.1 Å². The summed E-state index contributed by atoms with van der Waals surface area (Å²) >= 11 is 5.21. The maximum Gasteiger partial charge on any atom is 0.421 e.